The minimum Gasteiger partial charge on any atom is -0.480 e. The molecule has 21 nitrogen and oxygen atoms in total. The number of primary amides is 3. The third kappa shape index (κ3) is 11.8. The molecule has 51 heavy (non-hydrogen) atoms. The fraction of sp³-hybridized carbons (Fsp3) is 0.367. The maximum atomic E-state index is 13.4. The molecule has 0 aliphatic carbocycles. The maximum absolute atomic E-state index is 13.4. The number of hydrogen-bond donors (Lipinski definition) is 9. The third-order valence-corrected chi connectivity index (χ3v) is 7.38. The van der Waals surface area contributed by atoms with Gasteiger partial charge >= 0.3 is 5.97 Å². The summed E-state index contributed by atoms with van der Waals surface area (Å²) in [6.07, 6.45) is -0.463. The Hall–Kier alpha value is -6.67. The Kier molecular flexibility index (Phi) is 13.4. The van der Waals surface area contributed by atoms with Crippen LogP contribution in [0.2, 0.25) is 0 Å². The highest BCUT2D eigenvalue weighted by molar-refractivity contribution is 5.99. The number of fused-ring (bicyclic) bond motifs is 1. The number of carbonyl (C=O) groups is 7. The Morgan fingerprint density at radius 1 is 0.745 bits per heavy atom. The lowest BCUT2D eigenvalue weighted by atomic mass is 10.1. The summed E-state index contributed by atoms with van der Waals surface area (Å²) >= 11 is 0. The summed E-state index contributed by atoms with van der Waals surface area (Å²) in [7, 11) is 1.77. The van der Waals surface area contributed by atoms with Gasteiger partial charge in [0.2, 0.25) is 35.5 Å². The number of aliphatic carboxylic acids is 1. The van der Waals surface area contributed by atoms with Gasteiger partial charge in [0.05, 0.1) is 18.4 Å². The monoisotopic (exact) mass is 709 g/mol. The van der Waals surface area contributed by atoms with E-state index < -0.39 is 59.5 Å². The maximum Gasteiger partial charge on any atom is 0.326 e. The molecule has 272 valence electrons. The number of aromatic nitrogens is 4. The summed E-state index contributed by atoms with van der Waals surface area (Å²) in [4.78, 5) is 104. The summed E-state index contributed by atoms with van der Waals surface area (Å²) in [5, 5.41) is 16.5. The number of nitrogens with one attached hydrogen (secondary N) is 3. The number of carbonyl (C=O) groups excluding carboxylic acids is 6. The predicted octanol–water partition coefficient (Wildman–Crippen LogP) is -2.83. The van der Waals surface area contributed by atoms with Crippen LogP contribution in [0.4, 0.5) is 17.5 Å². The number of nitrogen functional groups attached to an aromatic ring is 2. The van der Waals surface area contributed by atoms with Crippen LogP contribution in [0, 0.1) is 0 Å². The van der Waals surface area contributed by atoms with Gasteiger partial charge in [-0.2, -0.15) is 9.97 Å². The standard InChI is InChI=1S/C30H39N13O8/c1-43(13-15-12-36-25-23(37-15)24(34)41-30(35)42-25)16-4-2-14(3-5-16)26(47)38-17(6-9-20(31)44)27(48)39-18(7-10-21(32)45)28(49)40-19(29(50)51)8-11-22(33)46/h2-5,12,17-19H,6-11,13H2,1H3,(H2,31,44)(H2,32,45)(H2,33,46)(H,38,47)(H,39,48)(H,40,49)(H,50,51)(H4,34,35,36,41,42). The molecule has 0 fully saturated rings. The summed E-state index contributed by atoms with van der Waals surface area (Å²) in [6, 6.07) is 1.84. The molecule has 14 N–H and O–H groups in total. The lowest BCUT2D eigenvalue weighted by molar-refractivity contribution is -0.142. The zero-order valence-electron chi connectivity index (χ0n) is 27.5. The van der Waals surface area contributed by atoms with Crippen molar-refractivity contribution in [2.45, 2.75) is 63.2 Å². The SMILES string of the molecule is CN(Cc1cnc2nc(N)nc(N)c2n1)c1ccc(C(=O)NC(CCC(N)=O)C(=O)NC(CCC(N)=O)C(=O)NC(CCC(N)=O)C(=O)O)cc1. The van der Waals surface area contributed by atoms with Gasteiger partial charge in [0.1, 0.15) is 18.1 Å². The molecule has 0 aliphatic heterocycles. The van der Waals surface area contributed by atoms with Crippen LogP contribution in [0.5, 0.6) is 0 Å². The summed E-state index contributed by atoms with van der Waals surface area (Å²) in [6.45, 7) is 0.288. The van der Waals surface area contributed by atoms with Crippen molar-refractivity contribution < 1.29 is 38.7 Å². The zero-order chi connectivity index (χ0) is 37.8. The number of nitrogens with two attached hydrogens (primary N) is 5. The van der Waals surface area contributed by atoms with E-state index in [1.54, 1.807) is 19.2 Å². The molecule has 2 heterocycles. The molecule has 0 radical (unpaired) electrons. The van der Waals surface area contributed by atoms with E-state index in [-0.39, 0.29) is 68.0 Å². The van der Waals surface area contributed by atoms with Gasteiger partial charge in [-0.1, -0.05) is 0 Å². The number of carboxylic acid groups (broad SMARTS) is 1. The van der Waals surface area contributed by atoms with E-state index in [0.29, 0.717) is 16.9 Å². The number of anilines is 3. The highest BCUT2D eigenvalue weighted by Gasteiger charge is 2.30. The molecule has 6 amide bonds. The Morgan fingerprint density at radius 3 is 1.78 bits per heavy atom. The predicted molar refractivity (Wildman–Crippen MR) is 181 cm³/mol. The van der Waals surface area contributed by atoms with Crippen LogP contribution in [0.3, 0.4) is 0 Å². The second kappa shape index (κ2) is 17.6. The first-order valence-electron chi connectivity index (χ1n) is 15.4. The molecule has 0 spiro atoms. The molecule has 0 aliphatic rings. The van der Waals surface area contributed by atoms with Gasteiger partial charge in [0.25, 0.3) is 5.91 Å². The van der Waals surface area contributed by atoms with Crippen LogP contribution >= 0.6 is 0 Å². The first-order chi connectivity index (χ1) is 24.0. The minimum atomic E-state index is -1.54. The number of nitrogens with zero attached hydrogens (tertiary/aromatic N) is 5. The van der Waals surface area contributed by atoms with Crippen molar-refractivity contribution in [1.82, 2.24) is 35.9 Å². The topological polar surface area (TPSA) is 361 Å². The Balaban J connectivity index is 1.73. The van der Waals surface area contributed by atoms with E-state index >= 15 is 0 Å². The van der Waals surface area contributed by atoms with E-state index in [9.17, 15) is 38.7 Å². The quantitative estimate of drug-likeness (QED) is 0.0605. The van der Waals surface area contributed by atoms with Crippen molar-refractivity contribution in [3.05, 3.63) is 41.7 Å². The van der Waals surface area contributed by atoms with Crippen molar-refractivity contribution in [1.29, 1.82) is 0 Å². The zero-order valence-corrected chi connectivity index (χ0v) is 27.5. The average Bonchev–Trinajstić information content (AvgIpc) is 3.06. The van der Waals surface area contributed by atoms with Crippen LogP contribution in [0.1, 0.15) is 54.6 Å². The summed E-state index contributed by atoms with van der Waals surface area (Å²) < 4.78 is 0. The highest BCUT2D eigenvalue weighted by atomic mass is 16.4. The normalized spacial score (nSPS) is 12.6. The third-order valence-electron chi connectivity index (χ3n) is 7.38. The molecule has 3 unspecified atom stereocenters. The summed E-state index contributed by atoms with van der Waals surface area (Å²) in [5.74, 6) is -6.44. The molecule has 0 saturated carbocycles. The second-order valence-electron chi connectivity index (χ2n) is 11.4. The van der Waals surface area contributed by atoms with Crippen molar-refractivity contribution in [3.8, 4) is 0 Å². The fourth-order valence-corrected chi connectivity index (χ4v) is 4.70. The molecule has 0 saturated heterocycles. The summed E-state index contributed by atoms with van der Waals surface area (Å²) in [5.41, 5.74) is 29.0. The van der Waals surface area contributed by atoms with E-state index in [1.807, 2.05) is 4.90 Å². The number of rotatable bonds is 19. The molecular weight excluding hydrogens is 670 g/mol. The number of amides is 6. The number of carboxylic acids is 1. The molecular formula is C30H39N13O8. The highest BCUT2D eigenvalue weighted by Crippen LogP contribution is 2.19. The molecule has 2 aromatic heterocycles. The second-order valence-corrected chi connectivity index (χ2v) is 11.4. The lowest BCUT2D eigenvalue weighted by Gasteiger charge is -2.24. The van der Waals surface area contributed by atoms with Crippen LogP contribution in [-0.2, 0) is 35.3 Å². The largest absolute Gasteiger partial charge is 0.480 e. The first-order valence-corrected chi connectivity index (χ1v) is 15.4. The van der Waals surface area contributed by atoms with Crippen LogP contribution in [0.25, 0.3) is 11.2 Å². The van der Waals surface area contributed by atoms with E-state index in [2.05, 4.69) is 35.9 Å². The number of hydrogen-bond acceptors (Lipinski definition) is 14. The molecule has 3 rings (SSSR count). The Labute approximate surface area is 290 Å². The number of benzene rings is 1. The van der Waals surface area contributed by atoms with Gasteiger partial charge in [-0.15, -0.1) is 0 Å². The molecule has 1 aromatic carbocycles. The fourth-order valence-electron chi connectivity index (χ4n) is 4.70. The Morgan fingerprint density at radius 2 is 1.25 bits per heavy atom. The first kappa shape index (κ1) is 38.8. The smallest absolute Gasteiger partial charge is 0.326 e. The molecule has 21 heteroatoms. The molecule has 3 aromatic rings. The Bertz CT molecular complexity index is 1800. The van der Waals surface area contributed by atoms with Crippen LogP contribution < -0.4 is 49.5 Å². The van der Waals surface area contributed by atoms with E-state index in [1.165, 1.54) is 18.3 Å². The minimum absolute atomic E-state index is 0.0271. The van der Waals surface area contributed by atoms with Crippen LogP contribution in [-0.4, -0.2) is 91.6 Å². The van der Waals surface area contributed by atoms with Gasteiger partial charge < -0.3 is 54.6 Å². The van der Waals surface area contributed by atoms with Gasteiger partial charge in [-0.05, 0) is 43.5 Å². The van der Waals surface area contributed by atoms with Crippen molar-refractivity contribution in [3.63, 3.8) is 0 Å². The van der Waals surface area contributed by atoms with Crippen molar-refractivity contribution >= 4 is 70.0 Å². The van der Waals surface area contributed by atoms with Gasteiger partial charge in [-0.25, -0.2) is 14.8 Å². The average molecular weight is 710 g/mol. The van der Waals surface area contributed by atoms with Crippen LogP contribution in [0.15, 0.2) is 30.5 Å². The van der Waals surface area contributed by atoms with Crippen molar-refractivity contribution in [2.24, 2.45) is 17.2 Å². The van der Waals surface area contributed by atoms with Gasteiger partial charge in [0.15, 0.2) is 17.0 Å². The van der Waals surface area contributed by atoms with Gasteiger partial charge in [-0.3, -0.25) is 28.8 Å². The van der Waals surface area contributed by atoms with Crippen molar-refractivity contribution in [2.75, 3.05) is 23.4 Å². The van der Waals surface area contributed by atoms with Gasteiger partial charge in [0, 0.05) is 37.6 Å². The lowest BCUT2D eigenvalue weighted by Crippen LogP contribution is -2.56. The van der Waals surface area contributed by atoms with E-state index in [4.69, 9.17) is 28.7 Å². The molecule has 0 bridgehead atoms. The molecule has 3 atom stereocenters. The van der Waals surface area contributed by atoms with E-state index in [0.717, 1.165) is 0 Å².